The number of nitrogens with one attached hydrogen (secondary N) is 1. The fraction of sp³-hybridized carbons (Fsp3) is 0.286. The van der Waals surface area contributed by atoms with Crippen molar-refractivity contribution in [3.63, 3.8) is 0 Å². The summed E-state index contributed by atoms with van der Waals surface area (Å²) in [6.45, 7) is 4.83. The second-order valence-corrected chi connectivity index (χ2v) is 9.13. The van der Waals surface area contributed by atoms with Gasteiger partial charge >= 0.3 is 5.30 Å². The van der Waals surface area contributed by atoms with E-state index in [2.05, 4.69) is 27.3 Å². The van der Waals surface area contributed by atoms with Crippen LogP contribution >= 0.6 is 22.3 Å². The van der Waals surface area contributed by atoms with Crippen molar-refractivity contribution in [1.82, 2.24) is 19.4 Å². The van der Waals surface area contributed by atoms with Gasteiger partial charge in [0.2, 0.25) is 5.95 Å². The first-order valence-electron chi connectivity index (χ1n) is 9.82. The zero-order chi connectivity index (χ0) is 21.8. The van der Waals surface area contributed by atoms with Gasteiger partial charge in [-0.05, 0) is 42.0 Å². The minimum Gasteiger partial charge on any atom is -0.457 e. The molecule has 10 heteroatoms. The quantitative estimate of drug-likeness (QED) is 0.415. The number of hydrogen-bond donors (Lipinski definition) is 1. The average Bonchev–Trinajstić information content (AvgIpc) is 3.40. The highest BCUT2D eigenvalue weighted by molar-refractivity contribution is 8.25. The van der Waals surface area contributed by atoms with E-state index >= 15 is 0 Å². The van der Waals surface area contributed by atoms with Gasteiger partial charge in [-0.3, -0.25) is 5.43 Å². The molecule has 1 N–H and O–H groups in total. The molecule has 3 aromatic rings. The smallest absolute Gasteiger partial charge is 0.376 e. The normalized spacial score (nSPS) is 18.5. The molecule has 1 aromatic carbocycles. The van der Waals surface area contributed by atoms with Gasteiger partial charge in [0, 0.05) is 28.7 Å². The van der Waals surface area contributed by atoms with Gasteiger partial charge in [-0.25, -0.2) is 19.7 Å². The minimum atomic E-state index is -0.825. The molecule has 162 valence electrons. The van der Waals surface area contributed by atoms with Gasteiger partial charge in [0.15, 0.2) is 12.2 Å². The molecule has 1 aliphatic rings. The SMILES string of the molecule is CCOC(=O)S1=CC(C)CN1Nc1nc(Cc2ccc(Cl)cc2)cc(-c2cnco2)n1. The summed E-state index contributed by atoms with van der Waals surface area (Å²) in [7, 11) is -0.825. The molecular weight excluding hydrogens is 438 g/mol. The molecule has 0 bridgehead atoms. The summed E-state index contributed by atoms with van der Waals surface area (Å²) in [6.07, 6.45) is 3.55. The molecule has 4 rings (SSSR count). The van der Waals surface area contributed by atoms with Gasteiger partial charge in [0.05, 0.1) is 18.5 Å². The van der Waals surface area contributed by atoms with E-state index in [9.17, 15) is 4.79 Å². The molecule has 0 fully saturated rings. The lowest BCUT2D eigenvalue weighted by atomic mass is 10.1. The molecule has 31 heavy (non-hydrogen) atoms. The molecule has 0 saturated heterocycles. The highest BCUT2D eigenvalue weighted by Gasteiger charge is 2.27. The van der Waals surface area contributed by atoms with Gasteiger partial charge in [-0.15, -0.1) is 0 Å². The number of benzene rings is 1. The van der Waals surface area contributed by atoms with Crippen molar-refractivity contribution >= 4 is 38.9 Å². The molecule has 0 radical (unpaired) electrons. The molecule has 0 saturated carbocycles. The van der Waals surface area contributed by atoms with Crippen molar-refractivity contribution in [2.75, 3.05) is 18.6 Å². The van der Waals surface area contributed by atoms with Crippen LogP contribution in [0.1, 0.15) is 25.1 Å². The van der Waals surface area contributed by atoms with E-state index in [0.29, 0.717) is 42.0 Å². The Balaban J connectivity index is 1.63. The first kappa shape index (κ1) is 21.5. The Bertz CT molecular complexity index is 1090. The van der Waals surface area contributed by atoms with Gasteiger partial charge in [-0.1, -0.05) is 30.7 Å². The Morgan fingerprint density at radius 1 is 1.35 bits per heavy atom. The lowest BCUT2D eigenvalue weighted by Crippen LogP contribution is -2.27. The van der Waals surface area contributed by atoms with E-state index in [1.54, 1.807) is 13.1 Å². The third kappa shape index (κ3) is 5.30. The third-order valence-electron chi connectivity index (χ3n) is 4.47. The largest absolute Gasteiger partial charge is 0.457 e. The summed E-state index contributed by atoms with van der Waals surface area (Å²) in [6, 6.07) is 9.48. The average molecular weight is 460 g/mol. The number of carbonyl (C=O) groups is 1. The summed E-state index contributed by atoms with van der Waals surface area (Å²) in [4.78, 5) is 25.6. The first-order valence-corrected chi connectivity index (χ1v) is 11.4. The van der Waals surface area contributed by atoms with Crippen LogP contribution in [0.5, 0.6) is 0 Å². The summed E-state index contributed by atoms with van der Waals surface area (Å²) in [5.74, 6) is 1.14. The second kappa shape index (κ2) is 9.59. The highest BCUT2D eigenvalue weighted by Crippen LogP contribution is 2.31. The maximum absolute atomic E-state index is 12.4. The van der Waals surface area contributed by atoms with Crippen LogP contribution in [0.3, 0.4) is 0 Å². The number of hydrazine groups is 1. The number of halogens is 1. The van der Waals surface area contributed by atoms with Crippen LogP contribution in [-0.2, 0) is 11.2 Å². The fourth-order valence-corrected chi connectivity index (χ4v) is 5.03. The Hall–Kier alpha value is -2.75. The number of ether oxygens (including phenoxy) is 1. The summed E-state index contributed by atoms with van der Waals surface area (Å²) in [5, 5.41) is 2.40. The number of anilines is 1. The second-order valence-electron chi connectivity index (χ2n) is 7.02. The van der Waals surface area contributed by atoms with Crippen LogP contribution in [0, 0.1) is 5.92 Å². The monoisotopic (exact) mass is 459 g/mol. The zero-order valence-corrected chi connectivity index (χ0v) is 18.7. The van der Waals surface area contributed by atoms with Crippen LogP contribution < -0.4 is 5.43 Å². The van der Waals surface area contributed by atoms with E-state index in [1.165, 1.54) is 6.39 Å². The predicted octanol–water partition coefficient (Wildman–Crippen LogP) is 4.80. The van der Waals surface area contributed by atoms with E-state index in [-0.39, 0.29) is 11.2 Å². The van der Waals surface area contributed by atoms with E-state index in [4.69, 9.17) is 20.8 Å². The lowest BCUT2D eigenvalue weighted by Gasteiger charge is -2.21. The number of carbonyl (C=O) groups excluding carboxylic acids is 1. The summed E-state index contributed by atoms with van der Waals surface area (Å²) < 4.78 is 12.5. The molecular formula is C21H22ClN5O3S. The maximum atomic E-state index is 12.4. The van der Waals surface area contributed by atoms with Crippen molar-refractivity contribution in [2.45, 2.75) is 20.3 Å². The molecule has 0 aliphatic carbocycles. The number of rotatable bonds is 6. The maximum Gasteiger partial charge on any atom is 0.376 e. The van der Waals surface area contributed by atoms with Crippen LogP contribution in [0.4, 0.5) is 10.7 Å². The number of hydrogen-bond acceptors (Lipinski definition) is 8. The molecule has 2 atom stereocenters. The number of nitrogens with zero attached hydrogens (tertiary/aromatic N) is 4. The molecule has 0 spiro atoms. The summed E-state index contributed by atoms with van der Waals surface area (Å²) >= 11 is 6.00. The molecule has 2 aromatic heterocycles. The van der Waals surface area contributed by atoms with Gasteiger partial charge in [-0.2, -0.15) is 4.41 Å². The van der Waals surface area contributed by atoms with E-state index in [1.807, 2.05) is 40.1 Å². The van der Waals surface area contributed by atoms with Gasteiger partial charge in [0.25, 0.3) is 0 Å². The van der Waals surface area contributed by atoms with Crippen molar-refractivity contribution in [3.8, 4) is 11.5 Å². The zero-order valence-electron chi connectivity index (χ0n) is 17.1. The molecule has 1 aliphatic heterocycles. The Kier molecular flexibility index (Phi) is 6.64. The van der Waals surface area contributed by atoms with Crippen molar-refractivity contribution in [3.05, 3.63) is 59.2 Å². The van der Waals surface area contributed by atoms with Crippen LogP contribution in [0.25, 0.3) is 11.5 Å². The van der Waals surface area contributed by atoms with Crippen LogP contribution in [-0.4, -0.2) is 43.2 Å². The predicted molar refractivity (Wildman–Crippen MR) is 122 cm³/mol. The molecule has 8 nitrogen and oxygen atoms in total. The Labute approximate surface area is 187 Å². The topological polar surface area (TPSA) is 93.4 Å². The highest BCUT2D eigenvalue weighted by atomic mass is 35.5. The van der Waals surface area contributed by atoms with Crippen molar-refractivity contribution in [1.29, 1.82) is 0 Å². The molecule has 3 heterocycles. The Morgan fingerprint density at radius 2 is 2.16 bits per heavy atom. The standard InChI is InChI=1S/C21H22ClN5O3S/c1-3-29-21(28)31-12-14(2)11-27(31)26-20-24-17(8-15-4-6-16(22)7-5-15)9-18(25-20)19-10-23-13-30-19/h4-7,9-10,12-14H,3,8,11H2,1-2H3,(H,24,25,26). The van der Waals surface area contributed by atoms with Gasteiger partial charge < -0.3 is 9.15 Å². The van der Waals surface area contributed by atoms with Crippen molar-refractivity contribution in [2.24, 2.45) is 5.92 Å². The minimum absolute atomic E-state index is 0.228. The number of oxazole rings is 1. The lowest BCUT2D eigenvalue weighted by molar-refractivity contribution is 0.180. The first-order chi connectivity index (χ1) is 15.0. The molecule has 0 amide bonds. The van der Waals surface area contributed by atoms with Crippen LogP contribution in [0.15, 0.2) is 47.3 Å². The summed E-state index contributed by atoms with van der Waals surface area (Å²) in [5.41, 5.74) is 5.66. The van der Waals surface area contributed by atoms with Crippen molar-refractivity contribution < 1.29 is 13.9 Å². The van der Waals surface area contributed by atoms with E-state index in [0.717, 1.165) is 11.3 Å². The number of aromatic nitrogens is 3. The fourth-order valence-electron chi connectivity index (χ4n) is 3.13. The Morgan fingerprint density at radius 3 is 2.87 bits per heavy atom. The van der Waals surface area contributed by atoms with Crippen LogP contribution in [0.2, 0.25) is 5.02 Å². The molecule has 2 unspecified atom stereocenters. The third-order valence-corrected chi connectivity index (χ3v) is 6.62. The van der Waals surface area contributed by atoms with Gasteiger partial charge in [0.1, 0.15) is 5.69 Å². The van der Waals surface area contributed by atoms with E-state index < -0.39 is 10.7 Å².